The molecule has 0 saturated heterocycles. The fraction of sp³-hybridized carbons (Fsp3) is 0.400. The summed E-state index contributed by atoms with van der Waals surface area (Å²) in [5, 5.41) is 9.29. The van der Waals surface area contributed by atoms with E-state index in [0.717, 1.165) is 10.0 Å². The number of hydrogen-bond donors (Lipinski definition) is 2. The lowest BCUT2D eigenvalue weighted by Crippen LogP contribution is -2.11. The number of benzene rings is 1. The van der Waals surface area contributed by atoms with Crippen LogP contribution < -0.4 is 5.73 Å². The first kappa shape index (κ1) is 9.03. The van der Waals surface area contributed by atoms with Gasteiger partial charge in [0, 0.05) is 6.04 Å². The van der Waals surface area contributed by atoms with Crippen LogP contribution in [0.5, 0.6) is 5.75 Å². The van der Waals surface area contributed by atoms with Crippen molar-refractivity contribution in [1.29, 1.82) is 0 Å². The summed E-state index contributed by atoms with van der Waals surface area (Å²) in [6.45, 7) is 0. The van der Waals surface area contributed by atoms with Crippen molar-refractivity contribution in [3.8, 4) is 5.75 Å². The maximum absolute atomic E-state index is 9.29. The van der Waals surface area contributed by atoms with Crippen molar-refractivity contribution in [2.75, 3.05) is 0 Å². The van der Waals surface area contributed by atoms with Gasteiger partial charge in [-0.3, -0.25) is 0 Å². The Labute approximate surface area is 85.9 Å². The highest BCUT2D eigenvalue weighted by Gasteiger charge is 2.29. The van der Waals surface area contributed by atoms with Crippen LogP contribution in [0.15, 0.2) is 22.7 Å². The summed E-state index contributed by atoms with van der Waals surface area (Å²) in [6, 6.07) is 5.61. The van der Waals surface area contributed by atoms with E-state index in [1.165, 1.54) is 12.8 Å². The molecule has 0 aromatic heterocycles. The Kier molecular flexibility index (Phi) is 2.30. The van der Waals surface area contributed by atoms with Crippen molar-refractivity contribution in [3.63, 3.8) is 0 Å². The van der Waals surface area contributed by atoms with Gasteiger partial charge in [0.25, 0.3) is 0 Å². The van der Waals surface area contributed by atoms with Gasteiger partial charge in [0.15, 0.2) is 0 Å². The number of phenols is 1. The molecular formula is C10H12BrNO. The van der Waals surface area contributed by atoms with Crippen molar-refractivity contribution in [1.82, 2.24) is 0 Å². The van der Waals surface area contributed by atoms with Crippen LogP contribution in [0.3, 0.4) is 0 Å². The first-order valence-corrected chi connectivity index (χ1v) is 5.22. The van der Waals surface area contributed by atoms with E-state index in [1.807, 2.05) is 12.1 Å². The van der Waals surface area contributed by atoms with Gasteiger partial charge in [0.05, 0.1) is 4.47 Å². The molecule has 0 radical (unpaired) electrons. The van der Waals surface area contributed by atoms with Gasteiger partial charge in [-0.2, -0.15) is 0 Å². The molecule has 1 saturated carbocycles. The van der Waals surface area contributed by atoms with E-state index in [-0.39, 0.29) is 11.8 Å². The minimum atomic E-state index is 0.136. The normalized spacial score (nSPS) is 18.6. The van der Waals surface area contributed by atoms with Gasteiger partial charge < -0.3 is 10.8 Å². The lowest BCUT2D eigenvalue weighted by molar-refractivity contribution is 0.471. The molecule has 0 heterocycles. The van der Waals surface area contributed by atoms with Crippen LogP contribution in [0.1, 0.15) is 24.4 Å². The van der Waals surface area contributed by atoms with Gasteiger partial charge in [-0.05, 0) is 52.4 Å². The minimum Gasteiger partial charge on any atom is -0.507 e. The van der Waals surface area contributed by atoms with Crippen LogP contribution in [-0.4, -0.2) is 5.11 Å². The highest BCUT2D eigenvalue weighted by molar-refractivity contribution is 9.10. The quantitative estimate of drug-likeness (QED) is 0.837. The summed E-state index contributed by atoms with van der Waals surface area (Å²) in [6.07, 6.45) is 2.47. The zero-order valence-electron chi connectivity index (χ0n) is 7.20. The fourth-order valence-corrected chi connectivity index (χ4v) is 1.85. The van der Waals surface area contributed by atoms with Crippen molar-refractivity contribution in [2.24, 2.45) is 11.7 Å². The number of halogens is 1. The maximum Gasteiger partial charge on any atom is 0.129 e. The number of hydrogen-bond acceptors (Lipinski definition) is 2. The minimum absolute atomic E-state index is 0.136. The average Bonchev–Trinajstić information content (AvgIpc) is 2.91. The van der Waals surface area contributed by atoms with Crippen LogP contribution in [0.25, 0.3) is 0 Å². The van der Waals surface area contributed by atoms with Crippen LogP contribution in [0.4, 0.5) is 0 Å². The van der Waals surface area contributed by atoms with Gasteiger partial charge in [0.1, 0.15) is 5.75 Å². The first-order valence-electron chi connectivity index (χ1n) is 4.42. The van der Waals surface area contributed by atoms with Gasteiger partial charge >= 0.3 is 0 Å². The Morgan fingerprint density at radius 3 is 2.69 bits per heavy atom. The highest BCUT2D eigenvalue weighted by Crippen LogP contribution is 2.40. The van der Waals surface area contributed by atoms with E-state index in [0.29, 0.717) is 5.92 Å². The number of phenolic OH excluding ortho intramolecular Hbond substituents is 1. The van der Waals surface area contributed by atoms with Crippen molar-refractivity contribution < 1.29 is 5.11 Å². The second kappa shape index (κ2) is 3.31. The molecule has 1 aliphatic rings. The van der Waals surface area contributed by atoms with Gasteiger partial charge in [-0.25, -0.2) is 0 Å². The molecule has 1 atom stereocenters. The van der Waals surface area contributed by atoms with E-state index in [1.54, 1.807) is 6.07 Å². The number of aromatic hydroxyl groups is 1. The summed E-state index contributed by atoms with van der Waals surface area (Å²) in [5.41, 5.74) is 7.12. The molecule has 1 aromatic carbocycles. The molecule has 0 amide bonds. The monoisotopic (exact) mass is 241 g/mol. The molecule has 3 N–H and O–H groups in total. The Hall–Kier alpha value is -0.540. The third-order valence-electron chi connectivity index (χ3n) is 2.49. The predicted molar refractivity (Wildman–Crippen MR) is 55.5 cm³/mol. The smallest absolute Gasteiger partial charge is 0.129 e. The molecular weight excluding hydrogens is 230 g/mol. The van der Waals surface area contributed by atoms with Crippen molar-refractivity contribution in [3.05, 3.63) is 28.2 Å². The fourth-order valence-electron chi connectivity index (χ4n) is 1.46. The SMILES string of the molecule is N[C@H](c1ccc(O)c(Br)c1)C1CC1. The third kappa shape index (κ3) is 1.86. The molecule has 2 nitrogen and oxygen atoms in total. The van der Waals surface area contributed by atoms with Crippen molar-refractivity contribution in [2.45, 2.75) is 18.9 Å². The first-order chi connectivity index (χ1) is 6.18. The van der Waals surface area contributed by atoms with Crippen LogP contribution in [0.2, 0.25) is 0 Å². The van der Waals surface area contributed by atoms with E-state index < -0.39 is 0 Å². The summed E-state index contributed by atoms with van der Waals surface area (Å²) in [5.74, 6) is 0.920. The van der Waals surface area contributed by atoms with Crippen molar-refractivity contribution >= 4 is 15.9 Å². The van der Waals surface area contributed by atoms with Gasteiger partial charge in [0.2, 0.25) is 0 Å². The van der Waals surface area contributed by atoms with Crippen LogP contribution in [0, 0.1) is 5.92 Å². The second-order valence-corrected chi connectivity index (χ2v) is 4.43. The molecule has 70 valence electrons. The Bertz CT molecular complexity index is 323. The van der Waals surface area contributed by atoms with Crippen LogP contribution >= 0.6 is 15.9 Å². The molecule has 1 aliphatic carbocycles. The molecule has 2 rings (SSSR count). The lowest BCUT2D eigenvalue weighted by atomic mass is 10.0. The molecule has 0 spiro atoms. The van der Waals surface area contributed by atoms with E-state index in [4.69, 9.17) is 5.73 Å². The second-order valence-electron chi connectivity index (χ2n) is 3.57. The number of nitrogens with two attached hydrogens (primary N) is 1. The maximum atomic E-state index is 9.29. The number of rotatable bonds is 2. The van der Waals surface area contributed by atoms with Gasteiger partial charge in [-0.15, -0.1) is 0 Å². The zero-order valence-corrected chi connectivity index (χ0v) is 8.79. The van der Waals surface area contributed by atoms with Crippen LogP contribution in [-0.2, 0) is 0 Å². The zero-order chi connectivity index (χ0) is 9.42. The Morgan fingerprint density at radius 1 is 1.46 bits per heavy atom. The molecule has 0 bridgehead atoms. The third-order valence-corrected chi connectivity index (χ3v) is 3.12. The highest BCUT2D eigenvalue weighted by atomic mass is 79.9. The standard InChI is InChI=1S/C10H12BrNO/c11-8-5-7(3-4-9(8)13)10(12)6-1-2-6/h3-6,10,13H,1-2,12H2/t10-/m0/s1. The molecule has 3 heteroatoms. The Morgan fingerprint density at radius 2 is 2.15 bits per heavy atom. The Balaban J connectivity index is 2.24. The lowest BCUT2D eigenvalue weighted by Gasteiger charge is -2.11. The summed E-state index contributed by atoms with van der Waals surface area (Å²) >= 11 is 3.28. The molecule has 0 aliphatic heterocycles. The summed E-state index contributed by atoms with van der Waals surface area (Å²) < 4.78 is 0.723. The molecule has 1 aromatic rings. The van der Waals surface area contributed by atoms with Gasteiger partial charge in [-0.1, -0.05) is 6.07 Å². The molecule has 0 unspecified atom stereocenters. The van der Waals surface area contributed by atoms with E-state index >= 15 is 0 Å². The summed E-state index contributed by atoms with van der Waals surface area (Å²) in [7, 11) is 0. The predicted octanol–water partition coefficient (Wildman–Crippen LogP) is 2.56. The topological polar surface area (TPSA) is 46.2 Å². The molecule has 1 fully saturated rings. The average molecular weight is 242 g/mol. The molecule has 13 heavy (non-hydrogen) atoms. The summed E-state index contributed by atoms with van der Waals surface area (Å²) in [4.78, 5) is 0. The van der Waals surface area contributed by atoms with E-state index in [9.17, 15) is 5.11 Å². The largest absolute Gasteiger partial charge is 0.507 e. The van der Waals surface area contributed by atoms with E-state index in [2.05, 4.69) is 15.9 Å².